The number of carbonyl (C=O) groups is 1. The summed E-state index contributed by atoms with van der Waals surface area (Å²) < 4.78 is 10.3. The summed E-state index contributed by atoms with van der Waals surface area (Å²) in [4.78, 5) is 10.7. The summed E-state index contributed by atoms with van der Waals surface area (Å²) >= 11 is 3.22. The average molecular weight is 283 g/mol. The van der Waals surface area contributed by atoms with E-state index in [1.165, 1.54) is 14.2 Å². The van der Waals surface area contributed by atoms with Gasteiger partial charge in [0.05, 0.1) is 19.5 Å². The smallest absolute Gasteiger partial charge is 0.150 e. The average Bonchev–Trinajstić information content (AvgIpc) is 2.35. The van der Waals surface area contributed by atoms with E-state index >= 15 is 0 Å². The quantitative estimate of drug-likeness (QED) is 0.485. The van der Waals surface area contributed by atoms with E-state index in [-0.39, 0.29) is 0 Å². The predicted octanol–water partition coefficient (Wildman–Crippen LogP) is 2.26. The zero-order valence-corrected chi connectivity index (χ0v) is 10.6. The highest BCUT2D eigenvalue weighted by Gasteiger charge is 2.10. The monoisotopic (exact) mass is 282 g/mol. The summed E-state index contributed by atoms with van der Waals surface area (Å²) in [6.07, 6.45) is 0.743. The minimum absolute atomic E-state index is 0.498. The minimum Gasteiger partial charge on any atom is -0.495 e. The number of halogens is 1. The van der Waals surface area contributed by atoms with E-state index in [9.17, 15) is 4.79 Å². The van der Waals surface area contributed by atoms with Crippen molar-refractivity contribution in [2.75, 3.05) is 19.5 Å². The van der Waals surface area contributed by atoms with Crippen molar-refractivity contribution in [3.05, 3.63) is 23.3 Å². The summed E-state index contributed by atoms with van der Waals surface area (Å²) in [7, 11) is 3.06. The Morgan fingerprint density at radius 2 is 1.88 bits per heavy atom. The van der Waals surface area contributed by atoms with Crippen LogP contribution in [0.15, 0.2) is 12.1 Å². The summed E-state index contributed by atoms with van der Waals surface area (Å²) in [5, 5.41) is 0.564. The van der Waals surface area contributed by atoms with Crippen molar-refractivity contribution in [2.45, 2.75) is 0 Å². The fourth-order valence-corrected chi connectivity index (χ4v) is 1.39. The lowest BCUT2D eigenvalue weighted by molar-refractivity contribution is 0.112. The van der Waals surface area contributed by atoms with Crippen LogP contribution in [-0.2, 0) is 0 Å². The van der Waals surface area contributed by atoms with Gasteiger partial charge in [-0.15, -0.1) is 0 Å². The number of rotatable bonds is 3. The third kappa shape index (κ3) is 2.77. The van der Waals surface area contributed by atoms with Gasteiger partial charge in [-0.25, -0.2) is 0 Å². The molecule has 0 aliphatic heterocycles. The van der Waals surface area contributed by atoms with E-state index in [4.69, 9.17) is 9.47 Å². The second kappa shape index (κ2) is 6.19. The molecule has 0 bridgehead atoms. The number of benzene rings is 1. The molecule has 0 unspecified atom stereocenters. The van der Waals surface area contributed by atoms with Crippen molar-refractivity contribution in [3.8, 4) is 23.3 Å². The van der Waals surface area contributed by atoms with Gasteiger partial charge in [0.1, 0.15) is 23.3 Å². The first-order chi connectivity index (χ1) is 7.76. The number of alkyl halides is 1. The Hall–Kier alpha value is -1.47. The van der Waals surface area contributed by atoms with Crippen molar-refractivity contribution < 1.29 is 14.3 Å². The Morgan fingerprint density at radius 3 is 2.25 bits per heavy atom. The second-order valence-electron chi connectivity index (χ2n) is 2.85. The van der Waals surface area contributed by atoms with Gasteiger partial charge in [-0.2, -0.15) is 0 Å². The standard InChI is InChI=1S/C12H11BrO3/c1-15-11-6-9(8-14)7-12(16-2)10(11)4-3-5-13/h6-8H,5H2,1-2H3. The molecular formula is C12H11BrO3. The van der Waals surface area contributed by atoms with E-state index < -0.39 is 0 Å². The molecule has 0 aromatic heterocycles. The number of carbonyl (C=O) groups excluding carboxylic acids is 1. The largest absolute Gasteiger partial charge is 0.495 e. The van der Waals surface area contributed by atoms with Crippen LogP contribution in [0.1, 0.15) is 15.9 Å². The van der Waals surface area contributed by atoms with Gasteiger partial charge in [-0.1, -0.05) is 27.8 Å². The third-order valence-corrected chi connectivity index (χ3v) is 2.22. The van der Waals surface area contributed by atoms with Crippen LogP contribution in [0.3, 0.4) is 0 Å². The molecule has 0 fully saturated rings. The lowest BCUT2D eigenvalue weighted by atomic mass is 10.1. The van der Waals surface area contributed by atoms with Gasteiger partial charge in [0.2, 0.25) is 0 Å². The Labute approximate surface area is 103 Å². The number of hydrogen-bond acceptors (Lipinski definition) is 3. The lowest BCUT2D eigenvalue weighted by Crippen LogP contribution is -1.95. The molecule has 0 saturated carbocycles. The van der Waals surface area contributed by atoms with Gasteiger partial charge in [0, 0.05) is 5.56 Å². The molecule has 0 aliphatic rings. The number of aldehydes is 1. The van der Waals surface area contributed by atoms with Crippen molar-refractivity contribution in [2.24, 2.45) is 0 Å². The van der Waals surface area contributed by atoms with Crippen molar-refractivity contribution in [1.82, 2.24) is 0 Å². The van der Waals surface area contributed by atoms with Gasteiger partial charge < -0.3 is 9.47 Å². The maximum atomic E-state index is 10.7. The molecule has 84 valence electrons. The van der Waals surface area contributed by atoms with Crippen LogP contribution >= 0.6 is 15.9 Å². The highest BCUT2D eigenvalue weighted by molar-refractivity contribution is 9.09. The van der Waals surface area contributed by atoms with Crippen LogP contribution in [0, 0.1) is 11.8 Å². The molecule has 0 aliphatic carbocycles. The van der Waals surface area contributed by atoms with Gasteiger partial charge in [0.25, 0.3) is 0 Å². The molecule has 0 atom stereocenters. The fourth-order valence-electron chi connectivity index (χ4n) is 1.25. The van der Waals surface area contributed by atoms with Gasteiger partial charge in [-0.05, 0) is 12.1 Å². The van der Waals surface area contributed by atoms with E-state index in [0.29, 0.717) is 28.0 Å². The zero-order valence-electron chi connectivity index (χ0n) is 9.04. The molecule has 0 saturated heterocycles. The Balaban J connectivity index is 3.36. The lowest BCUT2D eigenvalue weighted by Gasteiger charge is -2.09. The first kappa shape index (κ1) is 12.6. The number of ether oxygens (including phenoxy) is 2. The minimum atomic E-state index is 0.498. The van der Waals surface area contributed by atoms with Crippen molar-refractivity contribution >= 4 is 22.2 Å². The fraction of sp³-hybridized carbons (Fsp3) is 0.250. The molecule has 1 rings (SSSR count). The molecule has 0 spiro atoms. The topological polar surface area (TPSA) is 35.5 Å². The molecule has 4 heteroatoms. The van der Waals surface area contributed by atoms with Gasteiger partial charge in [-0.3, -0.25) is 4.79 Å². The normalized spacial score (nSPS) is 8.94. The number of hydrogen-bond donors (Lipinski definition) is 0. The predicted molar refractivity (Wildman–Crippen MR) is 65.6 cm³/mol. The first-order valence-corrected chi connectivity index (χ1v) is 5.65. The Kier molecular flexibility index (Phi) is 4.87. The van der Waals surface area contributed by atoms with E-state index in [1.54, 1.807) is 12.1 Å². The van der Waals surface area contributed by atoms with Gasteiger partial charge >= 0.3 is 0 Å². The molecule has 16 heavy (non-hydrogen) atoms. The van der Waals surface area contributed by atoms with E-state index in [1.807, 2.05) is 0 Å². The van der Waals surface area contributed by atoms with Crippen LogP contribution in [0.25, 0.3) is 0 Å². The molecule has 0 N–H and O–H groups in total. The molecule has 1 aromatic carbocycles. The van der Waals surface area contributed by atoms with Crippen molar-refractivity contribution in [3.63, 3.8) is 0 Å². The molecule has 0 radical (unpaired) electrons. The van der Waals surface area contributed by atoms with Crippen LogP contribution in [0.4, 0.5) is 0 Å². The van der Waals surface area contributed by atoms with Crippen LogP contribution in [-0.4, -0.2) is 25.8 Å². The maximum absolute atomic E-state index is 10.7. The van der Waals surface area contributed by atoms with Crippen LogP contribution < -0.4 is 9.47 Å². The van der Waals surface area contributed by atoms with Crippen LogP contribution in [0.5, 0.6) is 11.5 Å². The molecule has 3 nitrogen and oxygen atoms in total. The first-order valence-electron chi connectivity index (χ1n) is 4.52. The molecular weight excluding hydrogens is 272 g/mol. The van der Waals surface area contributed by atoms with Gasteiger partial charge in [0.15, 0.2) is 0 Å². The Bertz CT molecular complexity index is 418. The SMILES string of the molecule is COc1cc(C=O)cc(OC)c1C#CCBr. The summed E-state index contributed by atoms with van der Waals surface area (Å²) in [5.41, 5.74) is 1.15. The third-order valence-electron chi connectivity index (χ3n) is 1.94. The molecule has 0 heterocycles. The van der Waals surface area contributed by atoms with E-state index in [0.717, 1.165) is 6.29 Å². The summed E-state index contributed by atoms with van der Waals surface area (Å²) in [5.74, 6) is 6.87. The van der Waals surface area contributed by atoms with E-state index in [2.05, 4.69) is 27.8 Å². The zero-order chi connectivity index (χ0) is 12.0. The molecule has 0 amide bonds. The summed E-state index contributed by atoms with van der Waals surface area (Å²) in [6.45, 7) is 0. The second-order valence-corrected chi connectivity index (χ2v) is 3.41. The number of methoxy groups -OCH3 is 2. The summed E-state index contributed by atoms with van der Waals surface area (Å²) in [6, 6.07) is 3.27. The maximum Gasteiger partial charge on any atom is 0.150 e. The molecule has 1 aromatic rings. The van der Waals surface area contributed by atoms with Crippen molar-refractivity contribution in [1.29, 1.82) is 0 Å². The highest BCUT2D eigenvalue weighted by Crippen LogP contribution is 2.29. The highest BCUT2D eigenvalue weighted by atomic mass is 79.9. The Morgan fingerprint density at radius 1 is 1.31 bits per heavy atom. The van der Waals surface area contributed by atoms with Crippen LogP contribution in [0.2, 0.25) is 0 Å².